The van der Waals surface area contributed by atoms with Crippen LogP contribution in [0.1, 0.15) is 40.4 Å². The minimum Gasteiger partial charge on any atom is -0.356 e. The van der Waals surface area contributed by atoms with Crippen molar-refractivity contribution in [3.63, 3.8) is 0 Å². The van der Waals surface area contributed by atoms with Crippen LogP contribution in [0.2, 0.25) is 10.0 Å². The summed E-state index contributed by atoms with van der Waals surface area (Å²) in [5.41, 5.74) is 2.11. The van der Waals surface area contributed by atoms with E-state index in [1.807, 2.05) is 11.3 Å². The molecule has 0 saturated carbocycles. The van der Waals surface area contributed by atoms with Crippen molar-refractivity contribution in [1.82, 2.24) is 10.3 Å². The first kappa shape index (κ1) is 17.7. The van der Waals surface area contributed by atoms with Crippen LogP contribution in [0.3, 0.4) is 0 Å². The summed E-state index contributed by atoms with van der Waals surface area (Å²) in [5, 5.41) is 5.27. The summed E-state index contributed by atoms with van der Waals surface area (Å²) in [6, 6.07) is 5.21. The number of amides is 1. The van der Waals surface area contributed by atoms with Gasteiger partial charge in [0.15, 0.2) is 0 Å². The SMILES string of the molecule is O=C(Cc1ccc(Cl)cc1Cl)NCCCc1nc2c(s1)CCCC2. The number of hydrogen-bond donors (Lipinski definition) is 1. The molecule has 1 aliphatic carbocycles. The maximum Gasteiger partial charge on any atom is 0.224 e. The number of carbonyl (C=O) groups is 1. The molecule has 1 N–H and O–H groups in total. The first-order chi connectivity index (χ1) is 11.6. The number of benzene rings is 1. The second kappa shape index (κ2) is 8.32. The molecule has 128 valence electrons. The lowest BCUT2D eigenvalue weighted by Gasteiger charge is -2.06. The molecule has 0 bridgehead atoms. The maximum atomic E-state index is 12.0. The van der Waals surface area contributed by atoms with Gasteiger partial charge in [-0.05, 0) is 49.8 Å². The summed E-state index contributed by atoms with van der Waals surface area (Å²) in [6.45, 7) is 0.661. The van der Waals surface area contributed by atoms with Gasteiger partial charge >= 0.3 is 0 Å². The number of fused-ring (bicyclic) bond motifs is 1. The Labute approximate surface area is 156 Å². The molecule has 1 aliphatic rings. The highest BCUT2D eigenvalue weighted by Crippen LogP contribution is 2.27. The molecule has 1 amide bonds. The first-order valence-electron chi connectivity index (χ1n) is 8.30. The van der Waals surface area contributed by atoms with E-state index in [0.29, 0.717) is 16.6 Å². The van der Waals surface area contributed by atoms with Crippen molar-refractivity contribution in [3.8, 4) is 0 Å². The molecule has 3 rings (SSSR count). The predicted molar refractivity (Wildman–Crippen MR) is 100 cm³/mol. The van der Waals surface area contributed by atoms with Gasteiger partial charge in [0.25, 0.3) is 0 Å². The predicted octanol–water partition coefficient (Wildman–Crippen LogP) is 4.62. The van der Waals surface area contributed by atoms with Crippen LogP contribution in [0.25, 0.3) is 0 Å². The summed E-state index contributed by atoms with van der Waals surface area (Å²) in [5.74, 6) is -0.0161. The molecule has 0 radical (unpaired) electrons. The van der Waals surface area contributed by atoms with Gasteiger partial charge in [0, 0.05) is 27.9 Å². The summed E-state index contributed by atoms with van der Waals surface area (Å²) < 4.78 is 0. The molecule has 6 heteroatoms. The third-order valence-corrected chi connectivity index (χ3v) is 5.95. The molecule has 0 saturated heterocycles. The lowest BCUT2D eigenvalue weighted by Crippen LogP contribution is -2.26. The van der Waals surface area contributed by atoms with E-state index >= 15 is 0 Å². The van der Waals surface area contributed by atoms with Crippen LogP contribution >= 0.6 is 34.5 Å². The number of aromatic nitrogens is 1. The number of carbonyl (C=O) groups excluding carboxylic acids is 1. The molecule has 24 heavy (non-hydrogen) atoms. The molecule has 0 fully saturated rings. The molecule has 2 aromatic rings. The van der Waals surface area contributed by atoms with Crippen LogP contribution in [-0.2, 0) is 30.5 Å². The highest BCUT2D eigenvalue weighted by molar-refractivity contribution is 7.11. The molecule has 3 nitrogen and oxygen atoms in total. The number of nitrogens with zero attached hydrogens (tertiary/aromatic N) is 1. The third kappa shape index (κ3) is 4.71. The molecule has 1 heterocycles. The topological polar surface area (TPSA) is 42.0 Å². The van der Waals surface area contributed by atoms with Crippen molar-refractivity contribution in [1.29, 1.82) is 0 Å². The Kier molecular flexibility index (Phi) is 6.14. The molecule has 0 unspecified atom stereocenters. The van der Waals surface area contributed by atoms with Gasteiger partial charge in [0.05, 0.1) is 17.1 Å². The fourth-order valence-corrected chi connectivity index (χ4v) is 4.55. The normalized spacial score (nSPS) is 13.6. The minimum atomic E-state index is -0.0161. The number of rotatable bonds is 6. The Morgan fingerprint density at radius 3 is 2.88 bits per heavy atom. The Morgan fingerprint density at radius 2 is 2.08 bits per heavy atom. The smallest absolute Gasteiger partial charge is 0.224 e. The van der Waals surface area contributed by atoms with Crippen LogP contribution in [0.4, 0.5) is 0 Å². The largest absolute Gasteiger partial charge is 0.356 e. The number of aryl methyl sites for hydroxylation is 3. The van der Waals surface area contributed by atoms with Gasteiger partial charge in [-0.15, -0.1) is 11.3 Å². The van der Waals surface area contributed by atoms with Crippen molar-refractivity contribution < 1.29 is 4.79 Å². The van der Waals surface area contributed by atoms with Crippen molar-refractivity contribution in [3.05, 3.63) is 49.4 Å². The van der Waals surface area contributed by atoms with E-state index in [2.05, 4.69) is 5.32 Å². The highest BCUT2D eigenvalue weighted by atomic mass is 35.5. The molecule has 0 atom stereocenters. The Bertz CT molecular complexity index is 706. The Balaban J connectivity index is 1.41. The number of thiazole rings is 1. The third-order valence-electron chi connectivity index (χ3n) is 4.15. The van der Waals surface area contributed by atoms with Gasteiger partial charge in [0.1, 0.15) is 0 Å². The average Bonchev–Trinajstić information content (AvgIpc) is 2.97. The quantitative estimate of drug-likeness (QED) is 0.740. The second-order valence-electron chi connectivity index (χ2n) is 6.05. The minimum absolute atomic E-state index is 0.0161. The number of halogens is 2. The van der Waals surface area contributed by atoms with Gasteiger partial charge in [-0.25, -0.2) is 4.98 Å². The van der Waals surface area contributed by atoms with Crippen LogP contribution in [-0.4, -0.2) is 17.4 Å². The zero-order chi connectivity index (χ0) is 16.9. The van der Waals surface area contributed by atoms with Gasteiger partial charge in [0.2, 0.25) is 5.91 Å². The second-order valence-corrected chi connectivity index (χ2v) is 8.06. The van der Waals surface area contributed by atoms with Crippen molar-refractivity contribution in [2.24, 2.45) is 0 Å². The van der Waals surface area contributed by atoms with Crippen molar-refractivity contribution in [2.45, 2.75) is 44.9 Å². The highest BCUT2D eigenvalue weighted by Gasteiger charge is 2.14. The van der Waals surface area contributed by atoms with Crippen LogP contribution in [0.15, 0.2) is 18.2 Å². The van der Waals surface area contributed by atoms with Gasteiger partial charge in [-0.2, -0.15) is 0 Å². The van der Waals surface area contributed by atoms with E-state index in [0.717, 1.165) is 24.8 Å². The summed E-state index contributed by atoms with van der Waals surface area (Å²) in [6.07, 6.45) is 6.99. The molecule has 0 aliphatic heterocycles. The fourth-order valence-electron chi connectivity index (χ4n) is 2.88. The van der Waals surface area contributed by atoms with Crippen LogP contribution in [0, 0.1) is 0 Å². The summed E-state index contributed by atoms with van der Waals surface area (Å²) in [4.78, 5) is 18.2. The van der Waals surface area contributed by atoms with Gasteiger partial charge in [-0.3, -0.25) is 4.79 Å². The van der Waals surface area contributed by atoms with E-state index < -0.39 is 0 Å². The maximum absolute atomic E-state index is 12.0. The van der Waals surface area contributed by atoms with Crippen LogP contribution in [0.5, 0.6) is 0 Å². The monoisotopic (exact) mass is 382 g/mol. The van der Waals surface area contributed by atoms with Gasteiger partial charge in [-0.1, -0.05) is 29.3 Å². The molecule has 0 spiro atoms. The number of nitrogens with one attached hydrogen (secondary N) is 1. The average molecular weight is 383 g/mol. The lowest BCUT2D eigenvalue weighted by molar-refractivity contribution is -0.120. The Hall–Kier alpha value is -1.10. The summed E-state index contributed by atoms with van der Waals surface area (Å²) >= 11 is 13.8. The standard InChI is InChI=1S/C18H20Cl2N2OS/c19-13-8-7-12(14(20)11-13)10-17(23)21-9-3-6-18-22-15-4-1-2-5-16(15)24-18/h7-8,11H,1-6,9-10H2,(H,21,23). The summed E-state index contributed by atoms with van der Waals surface area (Å²) in [7, 11) is 0. The molecule has 1 aromatic carbocycles. The number of hydrogen-bond acceptors (Lipinski definition) is 3. The zero-order valence-electron chi connectivity index (χ0n) is 13.4. The van der Waals surface area contributed by atoms with E-state index in [9.17, 15) is 4.79 Å². The Morgan fingerprint density at radius 1 is 1.25 bits per heavy atom. The van der Waals surface area contributed by atoms with Crippen molar-refractivity contribution in [2.75, 3.05) is 6.54 Å². The molecular weight excluding hydrogens is 363 g/mol. The van der Waals surface area contributed by atoms with E-state index in [4.69, 9.17) is 28.2 Å². The van der Waals surface area contributed by atoms with Crippen molar-refractivity contribution >= 4 is 40.4 Å². The van der Waals surface area contributed by atoms with E-state index in [-0.39, 0.29) is 12.3 Å². The van der Waals surface area contributed by atoms with E-state index in [1.54, 1.807) is 18.2 Å². The van der Waals surface area contributed by atoms with Gasteiger partial charge < -0.3 is 5.32 Å². The first-order valence-corrected chi connectivity index (χ1v) is 9.87. The molecule has 1 aromatic heterocycles. The molecular formula is C18H20Cl2N2OS. The zero-order valence-corrected chi connectivity index (χ0v) is 15.7. The lowest BCUT2D eigenvalue weighted by atomic mass is 10.0. The van der Waals surface area contributed by atoms with E-state index in [1.165, 1.54) is 34.8 Å². The fraction of sp³-hybridized carbons (Fsp3) is 0.444. The van der Waals surface area contributed by atoms with Crippen LogP contribution < -0.4 is 5.32 Å².